The van der Waals surface area contributed by atoms with Gasteiger partial charge in [0.05, 0.1) is 6.42 Å². The van der Waals surface area contributed by atoms with Gasteiger partial charge in [0, 0.05) is 5.56 Å². The van der Waals surface area contributed by atoms with Crippen LogP contribution in [0.3, 0.4) is 0 Å². The molecule has 0 heterocycles. The first-order chi connectivity index (χ1) is 12.5. The van der Waals surface area contributed by atoms with Crippen molar-refractivity contribution in [2.75, 3.05) is 0 Å². The van der Waals surface area contributed by atoms with Gasteiger partial charge in [-0.3, -0.25) is 9.59 Å². The molecule has 0 atom stereocenters. The van der Waals surface area contributed by atoms with Crippen LogP contribution in [0, 0.1) is 10.8 Å². The Hall–Kier alpha value is -1.96. The quantitative estimate of drug-likeness (QED) is 0.183. The summed E-state index contributed by atoms with van der Waals surface area (Å²) in [7, 11) is 0. The van der Waals surface area contributed by atoms with Crippen molar-refractivity contribution in [2.45, 2.75) is 73.6 Å². The van der Waals surface area contributed by atoms with E-state index in [0.717, 1.165) is 31.3 Å². The molecule has 0 bridgehead atoms. The average Bonchev–Trinajstić information content (AvgIpc) is 2.62. The van der Waals surface area contributed by atoms with E-state index in [1.54, 1.807) is 12.1 Å². The smallest absolute Gasteiger partial charge is 0.170 e. The maximum atomic E-state index is 12.8. The van der Waals surface area contributed by atoms with E-state index in [4.69, 9.17) is 0 Å². The number of hydrogen-bond acceptors (Lipinski definition) is 2. The summed E-state index contributed by atoms with van der Waals surface area (Å²) >= 11 is 0. The maximum Gasteiger partial charge on any atom is 0.170 e. The predicted octanol–water partition coefficient (Wildman–Crippen LogP) is 6.96. The molecule has 0 aliphatic heterocycles. The van der Waals surface area contributed by atoms with Gasteiger partial charge in [-0.1, -0.05) is 83.2 Å². The summed E-state index contributed by atoms with van der Waals surface area (Å²) in [6.45, 7) is 17.0. The molecule has 27 heavy (non-hydrogen) atoms. The molecule has 0 N–H and O–H groups in total. The van der Waals surface area contributed by atoms with Crippen LogP contribution in [0.15, 0.2) is 54.1 Å². The van der Waals surface area contributed by atoms with Crippen LogP contribution in [-0.2, 0) is 4.79 Å². The number of ketones is 2. The number of Topliss-reactive ketones (excluding diaryl/α,β-unsaturated/α-hetero) is 2. The van der Waals surface area contributed by atoms with Crippen LogP contribution in [0.5, 0.6) is 0 Å². The van der Waals surface area contributed by atoms with Crippen molar-refractivity contribution in [2.24, 2.45) is 10.8 Å². The standard InChI is InChI=1S/C25H36O2/c1-8-21(23(27)18-22(26)20-15-11-10-12-16-20)25(6,7)17-13-14-19(3)24(4,5)9-2/h8,10-12,15-16H,3,9,13-14,17-18H2,1-2,4-7H3. The van der Waals surface area contributed by atoms with Crippen molar-refractivity contribution in [1.82, 2.24) is 0 Å². The molecule has 0 aliphatic carbocycles. The second-order valence-electron chi connectivity index (χ2n) is 8.67. The van der Waals surface area contributed by atoms with Gasteiger partial charge < -0.3 is 0 Å². The van der Waals surface area contributed by atoms with Crippen LogP contribution in [0.2, 0.25) is 0 Å². The SMILES string of the molecule is C=C(CCCC(C)(C)C(=CC)C(=O)CC(=O)c1ccccc1)C(C)(C)CC. The number of hydrogen-bond donors (Lipinski definition) is 0. The number of carbonyl (C=O) groups excluding carboxylic acids is 2. The van der Waals surface area contributed by atoms with Crippen molar-refractivity contribution >= 4 is 11.6 Å². The van der Waals surface area contributed by atoms with Gasteiger partial charge in [0.1, 0.15) is 0 Å². The lowest BCUT2D eigenvalue weighted by Crippen LogP contribution is -2.24. The van der Waals surface area contributed by atoms with Crippen LogP contribution >= 0.6 is 0 Å². The molecule has 0 unspecified atom stereocenters. The Bertz CT molecular complexity index is 690. The van der Waals surface area contributed by atoms with E-state index in [1.165, 1.54) is 5.57 Å². The Morgan fingerprint density at radius 3 is 2.15 bits per heavy atom. The monoisotopic (exact) mass is 368 g/mol. The zero-order chi connectivity index (χ0) is 20.7. The van der Waals surface area contributed by atoms with E-state index in [0.29, 0.717) is 5.56 Å². The molecule has 0 spiro atoms. The fraction of sp³-hybridized carbons (Fsp3) is 0.520. The third-order valence-electron chi connectivity index (χ3n) is 5.86. The molecule has 0 aromatic heterocycles. The van der Waals surface area contributed by atoms with Crippen LogP contribution in [0.1, 0.15) is 84.0 Å². The first-order valence-corrected chi connectivity index (χ1v) is 10.0. The number of benzene rings is 1. The molecule has 0 saturated carbocycles. The van der Waals surface area contributed by atoms with E-state index in [2.05, 4.69) is 41.2 Å². The minimum Gasteiger partial charge on any atom is -0.294 e. The molecular weight excluding hydrogens is 332 g/mol. The lowest BCUT2D eigenvalue weighted by atomic mass is 9.74. The van der Waals surface area contributed by atoms with Crippen molar-refractivity contribution in [1.29, 1.82) is 0 Å². The first kappa shape index (κ1) is 23.1. The van der Waals surface area contributed by atoms with Gasteiger partial charge in [0.15, 0.2) is 11.6 Å². The van der Waals surface area contributed by atoms with Crippen molar-refractivity contribution in [3.8, 4) is 0 Å². The minimum atomic E-state index is -0.251. The van der Waals surface area contributed by atoms with Gasteiger partial charge in [-0.05, 0) is 49.0 Å². The van der Waals surface area contributed by atoms with E-state index < -0.39 is 0 Å². The molecule has 0 radical (unpaired) electrons. The Morgan fingerprint density at radius 2 is 1.63 bits per heavy atom. The summed E-state index contributed by atoms with van der Waals surface area (Å²) in [5.41, 5.74) is 2.53. The third-order valence-corrected chi connectivity index (χ3v) is 5.86. The zero-order valence-corrected chi connectivity index (χ0v) is 18.0. The van der Waals surface area contributed by atoms with Crippen LogP contribution < -0.4 is 0 Å². The van der Waals surface area contributed by atoms with Crippen molar-refractivity contribution in [3.05, 3.63) is 59.7 Å². The van der Waals surface area contributed by atoms with Crippen LogP contribution in [-0.4, -0.2) is 11.6 Å². The Balaban J connectivity index is 2.71. The van der Waals surface area contributed by atoms with Crippen LogP contribution in [0.25, 0.3) is 0 Å². The molecule has 1 aromatic carbocycles. The third kappa shape index (κ3) is 6.61. The van der Waals surface area contributed by atoms with E-state index >= 15 is 0 Å². The van der Waals surface area contributed by atoms with E-state index in [9.17, 15) is 9.59 Å². The highest BCUT2D eigenvalue weighted by Gasteiger charge is 2.29. The van der Waals surface area contributed by atoms with Gasteiger partial charge in [0.2, 0.25) is 0 Å². The summed E-state index contributed by atoms with van der Waals surface area (Å²) in [5, 5.41) is 0. The topological polar surface area (TPSA) is 34.1 Å². The minimum absolute atomic E-state index is 0.0657. The molecular formula is C25H36O2. The highest BCUT2D eigenvalue weighted by molar-refractivity contribution is 6.13. The Labute approximate surface area is 165 Å². The molecule has 0 amide bonds. The normalized spacial score (nSPS) is 12.7. The summed E-state index contributed by atoms with van der Waals surface area (Å²) in [5.74, 6) is -0.183. The van der Waals surface area contributed by atoms with E-state index in [-0.39, 0.29) is 28.8 Å². The summed E-state index contributed by atoms with van der Waals surface area (Å²) in [6.07, 6.45) is 5.76. The zero-order valence-electron chi connectivity index (χ0n) is 18.0. The lowest BCUT2D eigenvalue weighted by molar-refractivity contribution is -0.115. The second kappa shape index (κ2) is 9.82. The molecule has 2 nitrogen and oxygen atoms in total. The van der Waals surface area contributed by atoms with Gasteiger partial charge >= 0.3 is 0 Å². The van der Waals surface area contributed by atoms with Gasteiger partial charge in [-0.25, -0.2) is 0 Å². The molecule has 0 fully saturated rings. The molecule has 1 rings (SSSR count). The van der Waals surface area contributed by atoms with Crippen molar-refractivity contribution < 1.29 is 9.59 Å². The predicted molar refractivity (Wildman–Crippen MR) is 115 cm³/mol. The van der Waals surface area contributed by atoms with E-state index in [1.807, 2.05) is 31.2 Å². The van der Waals surface area contributed by atoms with Crippen LogP contribution in [0.4, 0.5) is 0 Å². The average molecular weight is 369 g/mol. The summed E-state index contributed by atoms with van der Waals surface area (Å²) in [4.78, 5) is 25.2. The molecule has 1 aromatic rings. The largest absolute Gasteiger partial charge is 0.294 e. The van der Waals surface area contributed by atoms with Crippen molar-refractivity contribution in [3.63, 3.8) is 0 Å². The molecule has 0 saturated heterocycles. The Morgan fingerprint density at radius 1 is 1.04 bits per heavy atom. The van der Waals surface area contributed by atoms with Gasteiger partial charge in [-0.2, -0.15) is 0 Å². The Kier molecular flexibility index (Phi) is 8.40. The fourth-order valence-electron chi connectivity index (χ4n) is 3.36. The molecule has 0 aliphatic rings. The van der Waals surface area contributed by atoms with Gasteiger partial charge in [-0.15, -0.1) is 0 Å². The molecule has 2 heteroatoms. The van der Waals surface area contributed by atoms with Gasteiger partial charge in [0.25, 0.3) is 0 Å². The number of rotatable bonds is 11. The first-order valence-electron chi connectivity index (χ1n) is 10.0. The summed E-state index contributed by atoms with van der Waals surface area (Å²) in [6, 6.07) is 9.03. The lowest BCUT2D eigenvalue weighted by Gasteiger charge is -2.30. The molecule has 148 valence electrons. The summed E-state index contributed by atoms with van der Waals surface area (Å²) < 4.78 is 0. The maximum absolute atomic E-state index is 12.8. The second-order valence-corrected chi connectivity index (χ2v) is 8.67. The highest BCUT2D eigenvalue weighted by Crippen LogP contribution is 2.37. The highest BCUT2D eigenvalue weighted by atomic mass is 16.1. The number of allylic oxidation sites excluding steroid dienone is 3. The number of carbonyl (C=O) groups is 2. The fourth-order valence-corrected chi connectivity index (χ4v) is 3.36.